The van der Waals surface area contributed by atoms with E-state index in [-0.39, 0.29) is 42.9 Å². The zero-order chi connectivity index (χ0) is 33.9. The number of aliphatic hydroxyl groups is 6. The van der Waals surface area contributed by atoms with E-state index in [4.69, 9.17) is 28.7 Å². The molecule has 6 heterocycles. The van der Waals surface area contributed by atoms with Gasteiger partial charge >= 0.3 is 5.97 Å². The standard InChI is InChI=1S/C33H36N2O13/c1-2-33(43)19-9-21-26-16(10-35(21)30(41)18(19)14-45-32(33)42)17(15-5-3-4-6-20(15)34-26)13-44-25-8-7-22(23(11-36)46-25)47-31-29(40)28(39)27(38)24(12-37)48-31/h3-9,22-25,27-29,31,36-40,43H,2,10-14H2,1H3/t22-,23+,24+,25-,27+,28-,29+,31-,33-/m0/s1. The monoisotopic (exact) mass is 668 g/mol. The molecule has 0 unspecified atom stereocenters. The van der Waals surface area contributed by atoms with E-state index in [1.54, 1.807) is 29.7 Å². The molecule has 3 aromatic rings. The number of rotatable bonds is 8. The van der Waals surface area contributed by atoms with Crippen molar-refractivity contribution in [3.05, 3.63) is 75.1 Å². The molecule has 15 nitrogen and oxygen atoms in total. The molecular weight excluding hydrogens is 632 g/mol. The molecule has 256 valence electrons. The summed E-state index contributed by atoms with van der Waals surface area (Å²) in [6, 6.07) is 9.06. The van der Waals surface area contributed by atoms with Crippen LogP contribution in [0.1, 0.15) is 35.6 Å². The number of benzene rings is 1. The molecule has 2 aromatic heterocycles. The fourth-order valence-corrected chi connectivity index (χ4v) is 6.77. The number of aliphatic hydroxyl groups excluding tert-OH is 5. The topological polar surface area (TPSA) is 219 Å². The molecule has 0 saturated carbocycles. The summed E-state index contributed by atoms with van der Waals surface area (Å²) in [4.78, 5) is 31.1. The molecule has 0 aliphatic carbocycles. The summed E-state index contributed by atoms with van der Waals surface area (Å²) >= 11 is 0. The molecule has 6 N–H and O–H groups in total. The van der Waals surface area contributed by atoms with Crippen molar-refractivity contribution in [1.82, 2.24) is 9.55 Å². The maximum Gasteiger partial charge on any atom is 0.343 e. The van der Waals surface area contributed by atoms with E-state index < -0.39 is 74.0 Å². The molecule has 4 aliphatic heterocycles. The molecule has 0 spiro atoms. The highest BCUT2D eigenvalue weighted by atomic mass is 16.7. The van der Waals surface area contributed by atoms with E-state index in [1.807, 2.05) is 24.3 Å². The molecule has 7 rings (SSSR count). The number of para-hydroxylation sites is 1. The van der Waals surface area contributed by atoms with Crippen molar-refractivity contribution in [3.63, 3.8) is 0 Å². The van der Waals surface area contributed by atoms with Gasteiger partial charge in [-0.1, -0.05) is 31.2 Å². The minimum absolute atomic E-state index is 0.0136. The van der Waals surface area contributed by atoms with Gasteiger partial charge in [0.05, 0.1) is 48.8 Å². The highest BCUT2D eigenvalue weighted by Crippen LogP contribution is 2.40. The number of fused-ring (bicyclic) bond motifs is 5. The molecule has 1 saturated heterocycles. The van der Waals surface area contributed by atoms with Crippen LogP contribution < -0.4 is 5.56 Å². The Hall–Kier alpha value is -3.61. The highest BCUT2D eigenvalue weighted by molar-refractivity contribution is 5.89. The summed E-state index contributed by atoms with van der Waals surface area (Å²) in [5.41, 5.74) is 1.19. The fraction of sp³-hybridized carbons (Fsp3) is 0.485. The fourth-order valence-electron chi connectivity index (χ4n) is 6.77. The van der Waals surface area contributed by atoms with Crippen molar-refractivity contribution < 1.29 is 59.1 Å². The van der Waals surface area contributed by atoms with E-state index in [0.717, 1.165) is 16.5 Å². The lowest BCUT2D eigenvalue weighted by atomic mass is 9.86. The number of ether oxygens (including phenoxy) is 5. The number of hydrogen-bond acceptors (Lipinski definition) is 14. The molecule has 1 fully saturated rings. The number of carbonyl (C=O) groups excluding carboxylic acids is 1. The summed E-state index contributed by atoms with van der Waals surface area (Å²) in [7, 11) is 0. The minimum atomic E-state index is -1.95. The zero-order valence-corrected chi connectivity index (χ0v) is 25.8. The van der Waals surface area contributed by atoms with E-state index in [0.29, 0.717) is 16.9 Å². The quantitative estimate of drug-likeness (QED) is 0.0986. The lowest BCUT2D eigenvalue weighted by Crippen LogP contribution is -2.60. The van der Waals surface area contributed by atoms with Gasteiger partial charge in [-0.25, -0.2) is 9.78 Å². The molecule has 0 bridgehead atoms. The van der Waals surface area contributed by atoms with E-state index >= 15 is 0 Å². The number of aromatic nitrogens is 2. The lowest BCUT2D eigenvalue weighted by molar-refractivity contribution is -0.319. The predicted molar refractivity (Wildman–Crippen MR) is 163 cm³/mol. The van der Waals surface area contributed by atoms with Gasteiger partial charge in [-0.05, 0) is 30.2 Å². The van der Waals surface area contributed by atoms with E-state index in [2.05, 4.69) is 0 Å². The number of esters is 1. The number of pyridine rings is 2. The molecule has 9 atom stereocenters. The van der Waals surface area contributed by atoms with Crippen LogP contribution in [0.25, 0.3) is 22.3 Å². The molecule has 15 heteroatoms. The second-order valence-corrected chi connectivity index (χ2v) is 12.3. The van der Waals surface area contributed by atoms with Gasteiger partial charge in [-0.15, -0.1) is 0 Å². The zero-order valence-electron chi connectivity index (χ0n) is 25.8. The average Bonchev–Trinajstić information content (AvgIpc) is 3.47. The van der Waals surface area contributed by atoms with Crippen molar-refractivity contribution in [2.75, 3.05) is 13.2 Å². The Kier molecular flexibility index (Phi) is 8.70. The Balaban J connectivity index is 1.16. The van der Waals surface area contributed by atoms with Crippen molar-refractivity contribution in [2.24, 2.45) is 0 Å². The first-order valence-electron chi connectivity index (χ1n) is 15.7. The normalized spacial score (nSPS) is 32.5. The lowest BCUT2D eigenvalue weighted by Gasteiger charge is -2.42. The van der Waals surface area contributed by atoms with Crippen molar-refractivity contribution in [2.45, 2.75) is 87.9 Å². The molecule has 1 aromatic carbocycles. The smallest absolute Gasteiger partial charge is 0.343 e. The van der Waals surface area contributed by atoms with Crippen LogP contribution in [0.3, 0.4) is 0 Å². The third-order valence-corrected chi connectivity index (χ3v) is 9.56. The number of nitrogens with zero attached hydrogens (tertiary/aromatic N) is 2. The van der Waals surface area contributed by atoms with Gasteiger partial charge in [0.1, 0.15) is 43.2 Å². The third-order valence-electron chi connectivity index (χ3n) is 9.56. The first-order valence-corrected chi connectivity index (χ1v) is 15.7. The summed E-state index contributed by atoms with van der Waals surface area (Å²) in [6.45, 7) is 0.463. The second kappa shape index (κ2) is 12.7. The number of hydrogen-bond donors (Lipinski definition) is 6. The van der Waals surface area contributed by atoms with Crippen LogP contribution in [-0.2, 0) is 53.8 Å². The maximum absolute atomic E-state index is 13.7. The first-order chi connectivity index (χ1) is 23.1. The third kappa shape index (κ3) is 5.27. The van der Waals surface area contributed by atoms with E-state index in [9.17, 15) is 40.2 Å². The Bertz CT molecular complexity index is 1830. The minimum Gasteiger partial charge on any atom is -0.458 e. The van der Waals surface area contributed by atoms with Crippen LogP contribution >= 0.6 is 0 Å². The Morgan fingerprint density at radius 2 is 1.77 bits per heavy atom. The van der Waals surface area contributed by atoms with Gasteiger partial charge in [0, 0.05) is 16.5 Å². The SMILES string of the molecule is CC[C@@]1(O)C(=O)OCc2c1cc1n(c2=O)Cc2c-1nc1ccccc1c2CO[C@@H]1C=C[C@H](O[C@H]2O[C@H](CO)[C@@H](O)[C@H](O)[C@H]2O)[C@@H](CO)O1. The predicted octanol–water partition coefficient (Wildman–Crippen LogP) is -0.945. The Labute approximate surface area is 273 Å². The second-order valence-electron chi connectivity index (χ2n) is 12.3. The van der Waals surface area contributed by atoms with Gasteiger partial charge in [-0.2, -0.15) is 0 Å². The Morgan fingerprint density at radius 3 is 2.52 bits per heavy atom. The van der Waals surface area contributed by atoms with Gasteiger partial charge in [0.2, 0.25) is 0 Å². The van der Waals surface area contributed by atoms with Crippen LogP contribution in [0.5, 0.6) is 0 Å². The van der Waals surface area contributed by atoms with Crippen LogP contribution in [0, 0.1) is 0 Å². The van der Waals surface area contributed by atoms with Gasteiger partial charge in [0.15, 0.2) is 18.2 Å². The highest BCUT2D eigenvalue weighted by Gasteiger charge is 2.47. The summed E-state index contributed by atoms with van der Waals surface area (Å²) in [5.74, 6) is -0.803. The summed E-state index contributed by atoms with van der Waals surface area (Å²) < 4.78 is 30.1. The molecular formula is C33H36N2O13. The van der Waals surface area contributed by atoms with Gasteiger partial charge in [-0.3, -0.25) is 4.79 Å². The van der Waals surface area contributed by atoms with Crippen LogP contribution in [-0.4, -0.2) is 109 Å². The summed E-state index contributed by atoms with van der Waals surface area (Å²) in [6.07, 6.45) is -7.10. The largest absolute Gasteiger partial charge is 0.458 e. The van der Waals surface area contributed by atoms with Gasteiger partial charge in [0.25, 0.3) is 5.56 Å². The first kappa shape index (κ1) is 32.9. The molecule has 0 radical (unpaired) electrons. The number of cyclic esters (lactones) is 1. The number of carbonyl (C=O) groups is 1. The van der Waals surface area contributed by atoms with E-state index in [1.165, 1.54) is 0 Å². The molecule has 48 heavy (non-hydrogen) atoms. The molecule has 0 amide bonds. The van der Waals surface area contributed by atoms with Crippen LogP contribution in [0.15, 0.2) is 47.3 Å². The van der Waals surface area contributed by atoms with Crippen molar-refractivity contribution in [3.8, 4) is 11.4 Å². The molecule has 4 aliphatic rings. The van der Waals surface area contributed by atoms with Gasteiger partial charge < -0.3 is 58.9 Å². The van der Waals surface area contributed by atoms with Crippen molar-refractivity contribution >= 4 is 16.9 Å². The van der Waals surface area contributed by atoms with Crippen LogP contribution in [0.2, 0.25) is 0 Å². The van der Waals surface area contributed by atoms with Crippen molar-refractivity contribution in [1.29, 1.82) is 0 Å². The maximum atomic E-state index is 13.7. The Morgan fingerprint density at radius 1 is 1.00 bits per heavy atom. The summed E-state index contributed by atoms with van der Waals surface area (Å²) in [5, 5.41) is 62.1. The van der Waals surface area contributed by atoms with Crippen LogP contribution in [0.4, 0.5) is 0 Å². The average molecular weight is 669 g/mol.